The molecule has 0 bridgehead atoms. The molecule has 3 aromatic heterocycles. The summed E-state index contributed by atoms with van der Waals surface area (Å²) in [6.07, 6.45) is 5.05. The molecule has 1 N–H and O–H groups in total. The van der Waals surface area contributed by atoms with Crippen molar-refractivity contribution in [3.8, 4) is 0 Å². The molecule has 1 amide bonds. The SMILES string of the molecule is O=C(Nc1cnc2ccccn12)c1ccccn1. The number of carbonyl (C=O) groups is 1. The van der Waals surface area contributed by atoms with E-state index in [1.807, 2.05) is 24.4 Å². The lowest BCUT2D eigenvalue weighted by Gasteiger charge is -2.03. The van der Waals surface area contributed by atoms with Crippen LogP contribution in [0.2, 0.25) is 0 Å². The van der Waals surface area contributed by atoms with Crippen molar-refractivity contribution >= 4 is 17.4 Å². The highest BCUT2D eigenvalue weighted by molar-refractivity contribution is 6.02. The molecule has 0 aliphatic rings. The van der Waals surface area contributed by atoms with Gasteiger partial charge in [0.2, 0.25) is 0 Å². The first kappa shape index (κ1) is 10.5. The van der Waals surface area contributed by atoms with Gasteiger partial charge in [-0.1, -0.05) is 12.1 Å². The maximum absolute atomic E-state index is 11.9. The predicted octanol–water partition coefficient (Wildman–Crippen LogP) is 1.98. The zero-order chi connectivity index (χ0) is 12.4. The van der Waals surface area contributed by atoms with Crippen molar-refractivity contribution in [3.05, 3.63) is 60.7 Å². The van der Waals surface area contributed by atoms with Crippen LogP contribution in [0.25, 0.3) is 5.65 Å². The predicted molar refractivity (Wildman–Crippen MR) is 67.4 cm³/mol. The highest BCUT2D eigenvalue weighted by Crippen LogP contribution is 2.11. The number of anilines is 1. The molecule has 0 saturated carbocycles. The van der Waals surface area contributed by atoms with Crippen LogP contribution in [-0.2, 0) is 0 Å². The molecule has 0 radical (unpaired) electrons. The van der Waals surface area contributed by atoms with E-state index in [9.17, 15) is 4.79 Å². The normalized spacial score (nSPS) is 10.4. The van der Waals surface area contributed by atoms with E-state index in [0.717, 1.165) is 5.65 Å². The van der Waals surface area contributed by atoms with Crippen molar-refractivity contribution in [3.63, 3.8) is 0 Å². The zero-order valence-corrected chi connectivity index (χ0v) is 9.45. The van der Waals surface area contributed by atoms with E-state index >= 15 is 0 Å². The number of hydrogen-bond donors (Lipinski definition) is 1. The lowest BCUT2D eigenvalue weighted by Crippen LogP contribution is -2.14. The van der Waals surface area contributed by atoms with Crippen LogP contribution in [0, 0.1) is 0 Å². The maximum Gasteiger partial charge on any atom is 0.275 e. The Bertz CT molecular complexity index is 690. The Balaban J connectivity index is 1.91. The van der Waals surface area contributed by atoms with Crippen LogP contribution in [0.4, 0.5) is 5.82 Å². The average Bonchev–Trinajstić information content (AvgIpc) is 2.83. The molecule has 3 aromatic rings. The Morgan fingerprint density at radius 2 is 2.00 bits per heavy atom. The molecular weight excluding hydrogens is 228 g/mol. The Kier molecular flexibility index (Phi) is 2.49. The van der Waals surface area contributed by atoms with Gasteiger partial charge in [-0.15, -0.1) is 0 Å². The average molecular weight is 238 g/mol. The molecule has 0 unspecified atom stereocenters. The van der Waals surface area contributed by atoms with Crippen LogP contribution in [0.1, 0.15) is 10.5 Å². The smallest absolute Gasteiger partial charge is 0.275 e. The van der Waals surface area contributed by atoms with E-state index in [1.54, 1.807) is 35.0 Å². The second kappa shape index (κ2) is 4.29. The van der Waals surface area contributed by atoms with Gasteiger partial charge in [0.15, 0.2) is 0 Å². The first-order valence-electron chi connectivity index (χ1n) is 5.49. The van der Waals surface area contributed by atoms with Gasteiger partial charge in [0.25, 0.3) is 5.91 Å². The highest BCUT2D eigenvalue weighted by Gasteiger charge is 2.09. The number of rotatable bonds is 2. The number of nitrogens with zero attached hydrogens (tertiary/aromatic N) is 3. The molecule has 3 rings (SSSR count). The van der Waals surface area contributed by atoms with Crippen molar-refractivity contribution in [2.24, 2.45) is 0 Å². The number of nitrogens with one attached hydrogen (secondary N) is 1. The van der Waals surface area contributed by atoms with E-state index in [-0.39, 0.29) is 5.91 Å². The van der Waals surface area contributed by atoms with Gasteiger partial charge in [-0.2, -0.15) is 0 Å². The monoisotopic (exact) mass is 238 g/mol. The molecule has 0 saturated heterocycles. The Labute approximate surface area is 103 Å². The van der Waals surface area contributed by atoms with Gasteiger partial charge in [0.05, 0.1) is 6.20 Å². The van der Waals surface area contributed by atoms with E-state index in [2.05, 4.69) is 15.3 Å². The summed E-state index contributed by atoms with van der Waals surface area (Å²) in [5, 5.41) is 2.78. The summed E-state index contributed by atoms with van der Waals surface area (Å²) in [6, 6.07) is 10.9. The van der Waals surface area contributed by atoms with Gasteiger partial charge in [-0.05, 0) is 24.3 Å². The van der Waals surface area contributed by atoms with E-state index in [0.29, 0.717) is 11.5 Å². The molecule has 0 aromatic carbocycles. The van der Waals surface area contributed by atoms with Crippen LogP contribution in [0.15, 0.2) is 55.0 Å². The summed E-state index contributed by atoms with van der Waals surface area (Å²) in [7, 11) is 0. The van der Waals surface area contributed by atoms with Gasteiger partial charge in [-0.3, -0.25) is 14.2 Å². The Morgan fingerprint density at radius 3 is 2.83 bits per heavy atom. The molecule has 3 heterocycles. The largest absolute Gasteiger partial charge is 0.305 e. The van der Waals surface area contributed by atoms with E-state index < -0.39 is 0 Å². The molecule has 0 aliphatic carbocycles. The summed E-state index contributed by atoms with van der Waals surface area (Å²) in [4.78, 5) is 20.1. The quantitative estimate of drug-likeness (QED) is 0.742. The number of imidazole rings is 1. The highest BCUT2D eigenvalue weighted by atomic mass is 16.1. The third-order valence-electron chi connectivity index (χ3n) is 2.56. The number of fused-ring (bicyclic) bond motifs is 1. The van der Waals surface area contributed by atoms with Gasteiger partial charge >= 0.3 is 0 Å². The molecule has 5 nitrogen and oxygen atoms in total. The first-order valence-corrected chi connectivity index (χ1v) is 5.49. The summed E-state index contributed by atoms with van der Waals surface area (Å²) in [6.45, 7) is 0. The second-order valence-electron chi connectivity index (χ2n) is 3.74. The van der Waals surface area contributed by atoms with Crippen molar-refractivity contribution < 1.29 is 4.79 Å². The summed E-state index contributed by atoms with van der Waals surface area (Å²) >= 11 is 0. The van der Waals surface area contributed by atoms with Crippen LogP contribution >= 0.6 is 0 Å². The summed E-state index contributed by atoms with van der Waals surface area (Å²) in [5.74, 6) is 0.377. The summed E-state index contributed by atoms with van der Waals surface area (Å²) in [5.41, 5.74) is 1.16. The molecule has 88 valence electrons. The van der Waals surface area contributed by atoms with Crippen LogP contribution in [0.3, 0.4) is 0 Å². The standard InChI is InChI=1S/C13H10N4O/c18-13(10-5-1-3-7-14-10)16-12-9-15-11-6-2-4-8-17(11)12/h1-9H,(H,16,18). The van der Waals surface area contributed by atoms with E-state index in [1.165, 1.54) is 0 Å². The van der Waals surface area contributed by atoms with Crippen LogP contribution < -0.4 is 5.32 Å². The molecule has 0 fully saturated rings. The molecule has 18 heavy (non-hydrogen) atoms. The number of carbonyl (C=O) groups excluding carboxylic acids is 1. The number of amides is 1. The van der Waals surface area contributed by atoms with Gasteiger partial charge in [0, 0.05) is 12.4 Å². The molecule has 5 heteroatoms. The number of hydrogen-bond acceptors (Lipinski definition) is 3. The van der Waals surface area contributed by atoms with Gasteiger partial charge in [-0.25, -0.2) is 4.98 Å². The van der Waals surface area contributed by atoms with Crippen molar-refractivity contribution in [1.82, 2.24) is 14.4 Å². The second-order valence-corrected chi connectivity index (χ2v) is 3.74. The van der Waals surface area contributed by atoms with Crippen molar-refractivity contribution in [1.29, 1.82) is 0 Å². The Hall–Kier alpha value is -2.69. The topological polar surface area (TPSA) is 59.3 Å². The van der Waals surface area contributed by atoms with Gasteiger partial charge in [0.1, 0.15) is 17.2 Å². The van der Waals surface area contributed by atoms with Crippen LogP contribution in [-0.4, -0.2) is 20.3 Å². The molecule has 0 spiro atoms. The lowest BCUT2D eigenvalue weighted by molar-refractivity contribution is 0.102. The minimum atomic E-state index is -0.249. The fraction of sp³-hybridized carbons (Fsp3) is 0. The van der Waals surface area contributed by atoms with Crippen molar-refractivity contribution in [2.45, 2.75) is 0 Å². The Morgan fingerprint density at radius 1 is 1.11 bits per heavy atom. The lowest BCUT2D eigenvalue weighted by atomic mass is 10.3. The maximum atomic E-state index is 11.9. The zero-order valence-electron chi connectivity index (χ0n) is 9.45. The third-order valence-corrected chi connectivity index (χ3v) is 2.56. The number of aromatic nitrogens is 3. The number of pyridine rings is 2. The minimum Gasteiger partial charge on any atom is -0.305 e. The minimum absolute atomic E-state index is 0.249. The molecule has 0 atom stereocenters. The summed E-state index contributed by atoms with van der Waals surface area (Å²) < 4.78 is 1.81. The third kappa shape index (κ3) is 1.82. The fourth-order valence-electron chi connectivity index (χ4n) is 1.70. The molecule has 0 aliphatic heterocycles. The fourth-order valence-corrected chi connectivity index (χ4v) is 1.70. The van der Waals surface area contributed by atoms with E-state index in [4.69, 9.17) is 0 Å². The first-order chi connectivity index (χ1) is 8.84. The van der Waals surface area contributed by atoms with Crippen molar-refractivity contribution in [2.75, 3.05) is 5.32 Å². The molecular formula is C13H10N4O. The van der Waals surface area contributed by atoms with Crippen LogP contribution in [0.5, 0.6) is 0 Å². The van der Waals surface area contributed by atoms with Gasteiger partial charge < -0.3 is 5.32 Å².